The molecule has 0 radical (unpaired) electrons. The van der Waals surface area contributed by atoms with E-state index in [0.29, 0.717) is 111 Å². The summed E-state index contributed by atoms with van der Waals surface area (Å²) in [7, 11) is 1.64. The molecule has 0 aliphatic rings. The van der Waals surface area contributed by atoms with Gasteiger partial charge in [0, 0.05) is 18.7 Å². The summed E-state index contributed by atoms with van der Waals surface area (Å²) in [6.07, 6.45) is 3.72. The summed E-state index contributed by atoms with van der Waals surface area (Å²) in [4.78, 5) is 22.3. The number of benzene rings is 1. The van der Waals surface area contributed by atoms with Gasteiger partial charge in [0.2, 0.25) is 0 Å². The third-order valence-electron chi connectivity index (χ3n) is 4.99. The molecule has 0 amide bonds. The van der Waals surface area contributed by atoms with E-state index in [1.165, 1.54) is 6.08 Å². The second kappa shape index (κ2) is 29.2. The minimum atomic E-state index is -0.461. The lowest BCUT2D eigenvalue weighted by Gasteiger charge is -2.08. The molecule has 0 atom stereocenters. The Kier molecular flexibility index (Phi) is 26.2. The van der Waals surface area contributed by atoms with E-state index in [0.717, 1.165) is 11.8 Å². The number of hydrogen-bond acceptors (Lipinski definition) is 12. The Morgan fingerprint density at radius 1 is 0.512 bits per heavy atom. The van der Waals surface area contributed by atoms with E-state index in [1.54, 1.807) is 37.5 Å². The van der Waals surface area contributed by atoms with Gasteiger partial charge in [-0.1, -0.05) is 24.3 Å². The van der Waals surface area contributed by atoms with Crippen LogP contribution in [0.4, 0.5) is 0 Å². The van der Waals surface area contributed by atoms with Gasteiger partial charge >= 0.3 is 5.97 Å². The van der Waals surface area contributed by atoms with E-state index in [1.807, 2.05) is 0 Å². The lowest BCUT2D eigenvalue weighted by atomic mass is 10.1. The number of methoxy groups -OCH3 is 1. The van der Waals surface area contributed by atoms with Crippen LogP contribution in [0.1, 0.15) is 15.9 Å². The average Bonchev–Trinajstić information content (AvgIpc) is 3.00. The fourth-order valence-electron chi connectivity index (χ4n) is 2.88. The smallest absolute Gasteiger partial charge is 0.330 e. The molecule has 0 fully saturated rings. The third kappa shape index (κ3) is 25.2. The topological polar surface area (TPSA) is 126 Å². The Morgan fingerprint density at radius 3 is 1.17 bits per heavy atom. The Morgan fingerprint density at radius 2 is 0.829 bits per heavy atom. The van der Waals surface area contributed by atoms with Crippen LogP contribution in [0.25, 0.3) is 6.08 Å². The molecule has 0 spiro atoms. The number of carbonyl (C=O) groups is 2. The molecule has 0 aromatic heterocycles. The van der Waals surface area contributed by atoms with Gasteiger partial charge in [0.15, 0.2) is 0 Å². The standard InChI is InChI=1S/C29H46O12/c1-32-8-9-33-10-11-34-12-13-35-14-15-36-16-17-37-18-19-38-20-21-39-22-23-40-24-25-41-29(31)7-6-27-2-4-28(26-30)5-3-27/h2-7,26H,8-25H2,1H3/b7-6+. The zero-order chi connectivity index (χ0) is 29.5. The molecule has 1 rings (SSSR count). The molecule has 0 aliphatic heterocycles. The van der Waals surface area contributed by atoms with E-state index < -0.39 is 5.97 Å². The van der Waals surface area contributed by atoms with Gasteiger partial charge in [-0.05, 0) is 11.6 Å². The molecule has 41 heavy (non-hydrogen) atoms. The molecular weight excluding hydrogens is 540 g/mol. The first-order valence-corrected chi connectivity index (χ1v) is 13.8. The molecular formula is C29H46O12. The highest BCUT2D eigenvalue weighted by atomic mass is 16.6. The van der Waals surface area contributed by atoms with Crippen LogP contribution >= 0.6 is 0 Å². The Bertz CT molecular complexity index is 757. The zero-order valence-electron chi connectivity index (χ0n) is 24.2. The summed E-state index contributed by atoms with van der Waals surface area (Å²) in [5.74, 6) is -0.461. The summed E-state index contributed by atoms with van der Waals surface area (Å²) in [5.41, 5.74) is 1.38. The fraction of sp³-hybridized carbons (Fsp3) is 0.655. The van der Waals surface area contributed by atoms with Crippen LogP contribution in [0, 0.1) is 0 Å². The van der Waals surface area contributed by atoms with Crippen molar-refractivity contribution in [1.29, 1.82) is 0 Å². The van der Waals surface area contributed by atoms with E-state index in [2.05, 4.69) is 0 Å². The third-order valence-corrected chi connectivity index (χ3v) is 4.99. The van der Waals surface area contributed by atoms with Gasteiger partial charge in [-0.3, -0.25) is 4.79 Å². The van der Waals surface area contributed by atoms with Crippen molar-refractivity contribution in [3.8, 4) is 0 Å². The Balaban J connectivity index is 1.72. The molecule has 234 valence electrons. The minimum absolute atomic E-state index is 0.150. The molecule has 0 bridgehead atoms. The first kappa shape index (κ1) is 36.8. The fourth-order valence-corrected chi connectivity index (χ4v) is 2.88. The monoisotopic (exact) mass is 586 g/mol. The average molecular weight is 587 g/mol. The van der Waals surface area contributed by atoms with E-state index >= 15 is 0 Å². The second-order valence-corrected chi connectivity index (χ2v) is 8.18. The summed E-state index contributed by atoms with van der Waals surface area (Å²) in [5, 5.41) is 0. The maximum absolute atomic E-state index is 11.7. The number of esters is 1. The van der Waals surface area contributed by atoms with Gasteiger partial charge in [0.05, 0.1) is 112 Å². The molecule has 1 aromatic carbocycles. The highest BCUT2D eigenvalue weighted by molar-refractivity contribution is 5.87. The molecule has 12 heteroatoms. The number of ether oxygens (including phenoxy) is 10. The quantitative estimate of drug-likeness (QED) is 0.0565. The lowest BCUT2D eigenvalue weighted by molar-refractivity contribution is -0.139. The first-order chi connectivity index (χ1) is 20.3. The molecule has 0 saturated heterocycles. The van der Waals surface area contributed by atoms with Gasteiger partial charge in [-0.15, -0.1) is 0 Å². The second-order valence-electron chi connectivity index (χ2n) is 8.18. The summed E-state index contributed by atoms with van der Waals surface area (Å²) < 4.78 is 53.1. The summed E-state index contributed by atoms with van der Waals surface area (Å²) in [6, 6.07) is 6.85. The van der Waals surface area contributed by atoms with Gasteiger partial charge in [-0.2, -0.15) is 0 Å². The molecule has 12 nitrogen and oxygen atoms in total. The summed E-state index contributed by atoms with van der Waals surface area (Å²) in [6.45, 7) is 8.41. The van der Waals surface area contributed by atoms with Gasteiger partial charge in [0.1, 0.15) is 12.9 Å². The SMILES string of the molecule is COCCOCCOCCOCCOCCOCCOCCOCCOCCOC(=O)/C=C/c1ccc(C=O)cc1. The van der Waals surface area contributed by atoms with Gasteiger partial charge in [0.25, 0.3) is 0 Å². The Hall–Kier alpha value is -2.26. The van der Waals surface area contributed by atoms with Crippen LogP contribution in [0.3, 0.4) is 0 Å². The molecule has 0 aliphatic carbocycles. The van der Waals surface area contributed by atoms with Crippen molar-refractivity contribution in [1.82, 2.24) is 0 Å². The minimum Gasteiger partial charge on any atom is -0.460 e. The van der Waals surface area contributed by atoms with Crippen LogP contribution in [-0.2, 0) is 52.2 Å². The van der Waals surface area contributed by atoms with Crippen molar-refractivity contribution in [2.45, 2.75) is 0 Å². The number of rotatable bonds is 30. The highest BCUT2D eigenvalue weighted by Gasteiger charge is 1.99. The van der Waals surface area contributed by atoms with Crippen LogP contribution in [0.2, 0.25) is 0 Å². The van der Waals surface area contributed by atoms with E-state index in [-0.39, 0.29) is 13.2 Å². The van der Waals surface area contributed by atoms with Crippen molar-refractivity contribution in [3.05, 3.63) is 41.5 Å². The normalized spacial score (nSPS) is 11.3. The summed E-state index contributed by atoms with van der Waals surface area (Å²) >= 11 is 0. The maximum atomic E-state index is 11.7. The van der Waals surface area contributed by atoms with Gasteiger partial charge < -0.3 is 47.4 Å². The largest absolute Gasteiger partial charge is 0.460 e. The first-order valence-electron chi connectivity index (χ1n) is 13.8. The molecule has 0 saturated carbocycles. The van der Waals surface area contributed by atoms with Crippen molar-refractivity contribution in [2.24, 2.45) is 0 Å². The van der Waals surface area contributed by atoms with Crippen LogP contribution in [0.15, 0.2) is 30.3 Å². The van der Waals surface area contributed by atoms with Crippen molar-refractivity contribution < 1.29 is 57.0 Å². The van der Waals surface area contributed by atoms with Crippen LogP contribution in [-0.4, -0.2) is 138 Å². The predicted octanol–water partition coefficient (Wildman–Crippen LogP) is 1.83. The van der Waals surface area contributed by atoms with E-state index in [4.69, 9.17) is 47.4 Å². The van der Waals surface area contributed by atoms with Crippen molar-refractivity contribution >= 4 is 18.3 Å². The maximum Gasteiger partial charge on any atom is 0.330 e. The number of carbonyl (C=O) groups excluding carboxylic acids is 2. The van der Waals surface area contributed by atoms with Gasteiger partial charge in [-0.25, -0.2) is 4.79 Å². The molecule has 0 heterocycles. The molecule has 1 aromatic rings. The molecule has 0 unspecified atom stereocenters. The Labute approximate surface area is 243 Å². The van der Waals surface area contributed by atoms with E-state index in [9.17, 15) is 9.59 Å². The predicted molar refractivity (Wildman–Crippen MR) is 150 cm³/mol. The van der Waals surface area contributed by atoms with Crippen molar-refractivity contribution in [2.75, 3.05) is 126 Å². The van der Waals surface area contributed by atoms with Crippen LogP contribution < -0.4 is 0 Å². The number of hydrogen-bond donors (Lipinski definition) is 0. The van der Waals surface area contributed by atoms with Crippen LogP contribution in [0.5, 0.6) is 0 Å². The van der Waals surface area contributed by atoms with Crippen molar-refractivity contribution in [3.63, 3.8) is 0 Å². The number of aldehydes is 1. The lowest BCUT2D eigenvalue weighted by Crippen LogP contribution is -2.15. The highest BCUT2D eigenvalue weighted by Crippen LogP contribution is 2.04. The molecule has 0 N–H and O–H groups in total. The zero-order valence-corrected chi connectivity index (χ0v) is 24.2.